The molecule has 1 heterocycles. The summed E-state index contributed by atoms with van der Waals surface area (Å²) in [5.74, 6) is -0.991. The Labute approximate surface area is 133 Å². The normalized spacial score (nSPS) is 11.7. The number of hydrogen-bond acceptors (Lipinski definition) is 9. The number of amides is 2. The van der Waals surface area contributed by atoms with Crippen LogP contribution in [0.15, 0.2) is 6.07 Å². The van der Waals surface area contributed by atoms with E-state index in [1.54, 1.807) is 0 Å². The molecule has 0 saturated carbocycles. The SMILES string of the molecule is COc1cc(OC)nc(N(C(=O)N(C)S(C)(=O)=O)S(N)(=O)=O)n1. The highest BCUT2D eigenvalue weighted by molar-refractivity contribution is 7.92. The summed E-state index contributed by atoms with van der Waals surface area (Å²) < 4.78 is 56.0. The molecule has 0 spiro atoms. The first-order valence-electron chi connectivity index (χ1n) is 5.69. The number of aromatic nitrogens is 2. The van der Waals surface area contributed by atoms with Gasteiger partial charge in [-0.2, -0.15) is 18.4 Å². The van der Waals surface area contributed by atoms with E-state index < -0.39 is 32.2 Å². The monoisotopic (exact) mass is 369 g/mol. The van der Waals surface area contributed by atoms with Gasteiger partial charge in [-0.3, -0.25) is 0 Å². The zero-order valence-electron chi connectivity index (χ0n) is 12.6. The van der Waals surface area contributed by atoms with Crippen molar-refractivity contribution in [1.29, 1.82) is 0 Å². The summed E-state index contributed by atoms with van der Waals surface area (Å²) in [6.07, 6.45) is 0.708. The lowest BCUT2D eigenvalue weighted by molar-refractivity contribution is 0.237. The summed E-state index contributed by atoms with van der Waals surface area (Å²) in [5.41, 5.74) is 0. The van der Waals surface area contributed by atoms with Gasteiger partial charge in [0.1, 0.15) is 0 Å². The van der Waals surface area contributed by atoms with Gasteiger partial charge >= 0.3 is 16.2 Å². The second kappa shape index (κ2) is 6.51. The predicted molar refractivity (Wildman–Crippen MR) is 78.7 cm³/mol. The van der Waals surface area contributed by atoms with Crippen molar-refractivity contribution in [2.24, 2.45) is 5.14 Å². The summed E-state index contributed by atoms with van der Waals surface area (Å²) in [5, 5.41) is 4.97. The molecular weight excluding hydrogens is 354 g/mol. The molecule has 0 aliphatic heterocycles. The molecule has 0 bridgehead atoms. The van der Waals surface area contributed by atoms with Crippen LogP contribution in [-0.4, -0.2) is 64.7 Å². The van der Waals surface area contributed by atoms with E-state index in [4.69, 9.17) is 14.6 Å². The molecule has 130 valence electrons. The van der Waals surface area contributed by atoms with Crippen molar-refractivity contribution in [2.45, 2.75) is 0 Å². The van der Waals surface area contributed by atoms with Crippen LogP contribution in [0.4, 0.5) is 10.7 Å². The third-order valence-corrected chi connectivity index (χ3v) is 4.44. The Kier molecular flexibility index (Phi) is 5.34. The van der Waals surface area contributed by atoms with E-state index in [9.17, 15) is 21.6 Å². The van der Waals surface area contributed by atoms with Crippen molar-refractivity contribution in [1.82, 2.24) is 14.3 Å². The predicted octanol–water partition coefficient (Wildman–Crippen LogP) is -1.48. The molecule has 23 heavy (non-hydrogen) atoms. The average Bonchev–Trinajstić information content (AvgIpc) is 2.43. The second-order valence-corrected chi connectivity index (χ2v) is 7.48. The van der Waals surface area contributed by atoms with Crippen LogP contribution in [0.1, 0.15) is 0 Å². The molecule has 0 unspecified atom stereocenters. The maximum atomic E-state index is 12.2. The fraction of sp³-hybridized carbons (Fsp3) is 0.444. The molecule has 0 aliphatic carbocycles. The van der Waals surface area contributed by atoms with Gasteiger partial charge in [-0.05, 0) is 0 Å². The zero-order valence-corrected chi connectivity index (χ0v) is 14.3. The van der Waals surface area contributed by atoms with Crippen molar-refractivity contribution >= 4 is 32.2 Å². The lowest BCUT2D eigenvalue weighted by atomic mass is 10.6. The molecule has 1 rings (SSSR count). The van der Waals surface area contributed by atoms with E-state index in [0.717, 1.165) is 7.05 Å². The van der Waals surface area contributed by atoms with E-state index >= 15 is 0 Å². The van der Waals surface area contributed by atoms with E-state index in [1.807, 2.05) is 0 Å². The summed E-state index contributed by atoms with van der Waals surface area (Å²) in [7, 11) is -5.45. The second-order valence-electron chi connectivity index (χ2n) is 4.08. The van der Waals surface area contributed by atoms with Gasteiger partial charge in [0.2, 0.25) is 21.8 Å². The molecule has 0 radical (unpaired) electrons. The van der Waals surface area contributed by atoms with Gasteiger partial charge in [0, 0.05) is 7.05 Å². The van der Waals surface area contributed by atoms with E-state index in [0.29, 0.717) is 6.26 Å². The molecule has 0 saturated heterocycles. The lowest BCUT2D eigenvalue weighted by Crippen LogP contribution is -2.50. The number of nitrogens with zero attached hydrogens (tertiary/aromatic N) is 4. The first-order valence-corrected chi connectivity index (χ1v) is 9.05. The highest BCUT2D eigenvalue weighted by Gasteiger charge is 2.35. The maximum Gasteiger partial charge on any atom is 0.355 e. The number of hydrogen-bond donors (Lipinski definition) is 1. The summed E-state index contributed by atoms with van der Waals surface area (Å²) in [4.78, 5) is 19.5. The third kappa shape index (κ3) is 4.40. The summed E-state index contributed by atoms with van der Waals surface area (Å²) in [6.45, 7) is 0. The van der Waals surface area contributed by atoms with E-state index in [-0.39, 0.29) is 20.4 Å². The highest BCUT2D eigenvalue weighted by Crippen LogP contribution is 2.22. The Hall–Kier alpha value is -2.19. The smallest absolute Gasteiger partial charge is 0.355 e. The first-order chi connectivity index (χ1) is 10.4. The van der Waals surface area contributed by atoms with E-state index in [1.165, 1.54) is 20.3 Å². The molecule has 12 nitrogen and oxygen atoms in total. The molecule has 2 N–H and O–H groups in total. The molecular formula is C9H15N5O7S2. The Morgan fingerprint density at radius 3 is 1.87 bits per heavy atom. The van der Waals surface area contributed by atoms with Crippen LogP contribution in [-0.2, 0) is 20.2 Å². The van der Waals surface area contributed by atoms with E-state index in [2.05, 4.69) is 9.97 Å². The Morgan fingerprint density at radius 1 is 1.13 bits per heavy atom. The van der Waals surface area contributed by atoms with Gasteiger partial charge in [0.15, 0.2) is 0 Å². The number of anilines is 1. The third-order valence-electron chi connectivity index (χ3n) is 2.46. The number of carbonyl (C=O) groups is 1. The highest BCUT2D eigenvalue weighted by atomic mass is 32.2. The Morgan fingerprint density at radius 2 is 1.57 bits per heavy atom. The number of ether oxygens (including phenoxy) is 2. The standard InChI is InChI=1S/C9H15N5O7S2/c1-13(22(4,16)17)9(15)14(23(10,18)19)8-11-6(20-2)5-7(12-8)21-3/h5H,1-4H3,(H2,10,18,19). The fourth-order valence-corrected chi connectivity index (χ4v) is 2.34. The Bertz CT molecular complexity index is 785. The van der Waals surface area contributed by atoms with Crippen molar-refractivity contribution in [3.05, 3.63) is 6.07 Å². The van der Waals surface area contributed by atoms with Crippen LogP contribution in [0.2, 0.25) is 0 Å². The number of nitrogens with two attached hydrogens (primary N) is 1. The van der Waals surface area contributed by atoms with Gasteiger partial charge < -0.3 is 9.47 Å². The van der Waals surface area contributed by atoms with Crippen molar-refractivity contribution in [2.75, 3.05) is 31.8 Å². The van der Waals surface area contributed by atoms with Crippen molar-refractivity contribution in [3.8, 4) is 11.8 Å². The number of carbonyl (C=O) groups excluding carboxylic acids is 1. The fourth-order valence-electron chi connectivity index (χ4n) is 1.27. The largest absolute Gasteiger partial charge is 0.481 e. The van der Waals surface area contributed by atoms with Crippen LogP contribution < -0.4 is 18.9 Å². The minimum absolute atomic E-state index is 0.0842. The summed E-state index contributed by atoms with van der Waals surface area (Å²) in [6, 6.07) is -0.277. The van der Waals surface area contributed by atoms with Gasteiger partial charge in [0.05, 0.1) is 26.5 Å². The topological polar surface area (TPSA) is 162 Å². The summed E-state index contributed by atoms with van der Waals surface area (Å²) >= 11 is 0. The number of rotatable bonds is 5. The van der Waals surface area contributed by atoms with Crippen LogP contribution in [0.5, 0.6) is 11.8 Å². The Balaban J connectivity index is 3.54. The zero-order chi connectivity index (χ0) is 18.0. The minimum atomic E-state index is -4.73. The van der Waals surface area contributed by atoms with Gasteiger partial charge in [-0.1, -0.05) is 0 Å². The van der Waals surface area contributed by atoms with Gasteiger partial charge in [-0.25, -0.2) is 22.7 Å². The van der Waals surface area contributed by atoms with Crippen LogP contribution in [0.25, 0.3) is 0 Å². The van der Waals surface area contributed by atoms with Crippen molar-refractivity contribution < 1.29 is 31.1 Å². The lowest BCUT2D eigenvalue weighted by Gasteiger charge is -2.23. The van der Waals surface area contributed by atoms with Crippen LogP contribution in [0, 0.1) is 0 Å². The molecule has 1 aromatic heterocycles. The molecule has 2 amide bonds. The number of urea groups is 1. The number of methoxy groups -OCH3 is 2. The minimum Gasteiger partial charge on any atom is -0.481 e. The molecule has 0 fully saturated rings. The van der Waals surface area contributed by atoms with Gasteiger partial charge in [-0.15, -0.1) is 4.31 Å². The van der Waals surface area contributed by atoms with Gasteiger partial charge in [0.25, 0.3) is 5.95 Å². The first kappa shape index (κ1) is 18.9. The molecule has 0 aromatic carbocycles. The molecule has 1 aromatic rings. The molecule has 14 heteroatoms. The quantitative estimate of drug-likeness (QED) is 0.651. The average molecular weight is 369 g/mol. The maximum absolute atomic E-state index is 12.2. The van der Waals surface area contributed by atoms with Crippen molar-refractivity contribution in [3.63, 3.8) is 0 Å². The molecule has 0 aliphatic rings. The number of sulfonamides is 1. The van der Waals surface area contributed by atoms with Crippen LogP contribution >= 0.6 is 0 Å². The molecule has 0 atom stereocenters. The van der Waals surface area contributed by atoms with Crippen LogP contribution in [0.3, 0.4) is 0 Å².